The van der Waals surface area contributed by atoms with E-state index >= 15 is 0 Å². The van der Waals surface area contributed by atoms with Crippen LogP contribution in [0.2, 0.25) is 0 Å². The van der Waals surface area contributed by atoms with Gasteiger partial charge in [-0.2, -0.15) is 5.26 Å². The van der Waals surface area contributed by atoms with Crippen molar-refractivity contribution in [2.75, 3.05) is 5.73 Å². The number of aryl methyl sites for hydroxylation is 1. The van der Waals surface area contributed by atoms with Crippen LogP contribution in [0.1, 0.15) is 11.1 Å². The smallest absolute Gasteiger partial charge is 0.120 e. The number of nitrogens with two attached hydrogens (primary N) is 1. The SMILES string of the molecule is Cn1c(-c2ccc(N)cc2)c(C#N)c2cc(OCc3ccccc3)ccc21. The summed E-state index contributed by atoms with van der Waals surface area (Å²) < 4.78 is 7.98. The molecule has 4 rings (SSSR count). The van der Waals surface area contributed by atoms with Crippen molar-refractivity contribution in [3.63, 3.8) is 0 Å². The predicted octanol–water partition coefficient (Wildman–Crippen LogP) is 4.88. The van der Waals surface area contributed by atoms with Gasteiger partial charge in [0, 0.05) is 23.6 Å². The molecule has 4 heteroatoms. The lowest BCUT2D eigenvalue weighted by atomic mass is 10.1. The Morgan fingerprint density at radius 2 is 1.74 bits per heavy atom. The Morgan fingerprint density at radius 1 is 1.00 bits per heavy atom. The quantitative estimate of drug-likeness (QED) is 0.532. The van der Waals surface area contributed by atoms with Gasteiger partial charge in [-0.1, -0.05) is 42.5 Å². The summed E-state index contributed by atoms with van der Waals surface area (Å²) in [6.45, 7) is 0.492. The lowest BCUT2D eigenvalue weighted by molar-refractivity contribution is 0.306. The highest BCUT2D eigenvalue weighted by atomic mass is 16.5. The Bertz CT molecular complexity index is 1140. The van der Waals surface area contributed by atoms with Gasteiger partial charge in [0.1, 0.15) is 18.4 Å². The summed E-state index contributed by atoms with van der Waals surface area (Å²) in [6.07, 6.45) is 0. The molecule has 0 aliphatic heterocycles. The predicted molar refractivity (Wildman–Crippen MR) is 108 cm³/mol. The van der Waals surface area contributed by atoms with Gasteiger partial charge < -0.3 is 15.0 Å². The largest absolute Gasteiger partial charge is 0.489 e. The van der Waals surface area contributed by atoms with Gasteiger partial charge >= 0.3 is 0 Å². The molecule has 0 spiro atoms. The minimum Gasteiger partial charge on any atom is -0.489 e. The van der Waals surface area contributed by atoms with Crippen LogP contribution in [-0.4, -0.2) is 4.57 Å². The first-order valence-electron chi connectivity index (χ1n) is 8.72. The zero-order chi connectivity index (χ0) is 18.8. The normalized spacial score (nSPS) is 10.7. The second kappa shape index (κ2) is 6.89. The standard InChI is InChI=1S/C23H19N3O/c1-26-22-12-11-19(27-15-16-5-3-2-4-6-16)13-20(22)21(14-24)23(26)17-7-9-18(25)10-8-17/h2-13H,15,25H2,1H3. The number of ether oxygens (including phenoxy) is 1. The maximum absolute atomic E-state index is 9.82. The molecule has 0 fully saturated rings. The van der Waals surface area contributed by atoms with Crippen LogP contribution >= 0.6 is 0 Å². The number of hydrogen-bond acceptors (Lipinski definition) is 3. The Morgan fingerprint density at radius 3 is 2.44 bits per heavy atom. The van der Waals surface area contributed by atoms with Crippen LogP contribution in [0.5, 0.6) is 5.75 Å². The third-order valence-corrected chi connectivity index (χ3v) is 4.72. The minimum absolute atomic E-state index is 0.492. The van der Waals surface area contributed by atoms with E-state index in [0.717, 1.165) is 33.5 Å². The second-order valence-electron chi connectivity index (χ2n) is 6.47. The first-order chi connectivity index (χ1) is 13.2. The van der Waals surface area contributed by atoms with E-state index in [1.807, 2.05) is 84.4 Å². The van der Waals surface area contributed by atoms with E-state index < -0.39 is 0 Å². The van der Waals surface area contributed by atoms with E-state index in [2.05, 4.69) is 6.07 Å². The van der Waals surface area contributed by atoms with E-state index in [1.165, 1.54) is 0 Å². The van der Waals surface area contributed by atoms with Crippen molar-refractivity contribution in [2.45, 2.75) is 6.61 Å². The molecule has 0 bridgehead atoms. The zero-order valence-electron chi connectivity index (χ0n) is 15.0. The lowest BCUT2D eigenvalue weighted by Gasteiger charge is -2.07. The number of rotatable bonds is 4. The molecule has 4 nitrogen and oxygen atoms in total. The molecule has 27 heavy (non-hydrogen) atoms. The van der Waals surface area contributed by atoms with Gasteiger partial charge in [0.15, 0.2) is 0 Å². The maximum Gasteiger partial charge on any atom is 0.120 e. The zero-order valence-corrected chi connectivity index (χ0v) is 15.0. The number of nitrogens with zero attached hydrogens (tertiary/aromatic N) is 2. The summed E-state index contributed by atoms with van der Waals surface area (Å²) in [4.78, 5) is 0. The van der Waals surface area contributed by atoms with Crippen molar-refractivity contribution in [1.29, 1.82) is 5.26 Å². The molecule has 0 unspecified atom stereocenters. The highest BCUT2D eigenvalue weighted by molar-refractivity contribution is 5.95. The number of nitrogen functional groups attached to an aromatic ring is 1. The van der Waals surface area contributed by atoms with Crippen LogP contribution in [0.25, 0.3) is 22.2 Å². The average molecular weight is 353 g/mol. The van der Waals surface area contributed by atoms with E-state index in [9.17, 15) is 5.26 Å². The molecule has 0 saturated heterocycles. The first kappa shape index (κ1) is 16.7. The van der Waals surface area contributed by atoms with Crippen molar-refractivity contribution in [3.8, 4) is 23.1 Å². The molecule has 0 saturated carbocycles. The van der Waals surface area contributed by atoms with Crippen molar-refractivity contribution in [2.24, 2.45) is 7.05 Å². The number of hydrogen-bond donors (Lipinski definition) is 1. The number of aromatic nitrogens is 1. The fourth-order valence-corrected chi connectivity index (χ4v) is 3.35. The Balaban J connectivity index is 1.75. The van der Waals surface area contributed by atoms with Crippen LogP contribution in [0.15, 0.2) is 72.8 Å². The summed E-state index contributed by atoms with van der Waals surface area (Å²) in [5.41, 5.74) is 11.1. The molecule has 132 valence electrons. The molecule has 1 heterocycles. The van der Waals surface area contributed by atoms with Gasteiger partial charge in [-0.05, 0) is 41.5 Å². The van der Waals surface area contributed by atoms with E-state index in [-0.39, 0.29) is 0 Å². The summed E-state index contributed by atoms with van der Waals surface area (Å²) >= 11 is 0. The van der Waals surface area contributed by atoms with Crippen LogP contribution in [0, 0.1) is 11.3 Å². The fraction of sp³-hybridized carbons (Fsp3) is 0.0870. The van der Waals surface area contributed by atoms with Crippen molar-refractivity contribution in [3.05, 3.63) is 83.9 Å². The van der Waals surface area contributed by atoms with Crippen molar-refractivity contribution < 1.29 is 4.74 Å². The molecule has 3 aromatic carbocycles. The maximum atomic E-state index is 9.82. The molecule has 2 N–H and O–H groups in total. The van der Waals surface area contributed by atoms with Gasteiger partial charge in [0.25, 0.3) is 0 Å². The summed E-state index contributed by atoms with van der Waals surface area (Å²) in [6, 6.07) is 25.9. The third kappa shape index (κ3) is 3.11. The Labute approximate surface area is 158 Å². The van der Waals surface area contributed by atoms with Crippen LogP contribution in [-0.2, 0) is 13.7 Å². The minimum atomic E-state index is 0.492. The second-order valence-corrected chi connectivity index (χ2v) is 6.47. The number of fused-ring (bicyclic) bond motifs is 1. The molecule has 0 aliphatic carbocycles. The molecule has 0 aliphatic rings. The van der Waals surface area contributed by atoms with Crippen LogP contribution in [0.4, 0.5) is 5.69 Å². The molecule has 0 radical (unpaired) electrons. The van der Waals surface area contributed by atoms with Gasteiger partial charge in [-0.3, -0.25) is 0 Å². The van der Waals surface area contributed by atoms with Gasteiger partial charge in [-0.15, -0.1) is 0 Å². The molecule has 0 amide bonds. The first-order valence-corrected chi connectivity index (χ1v) is 8.72. The van der Waals surface area contributed by atoms with E-state index in [1.54, 1.807) is 0 Å². The number of nitriles is 1. The third-order valence-electron chi connectivity index (χ3n) is 4.72. The highest BCUT2D eigenvalue weighted by Crippen LogP contribution is 2.34. The molecule has 1 aromatic heterocycles. The molecule has 4 aromatic rings. The van der Waals surface area contributed by atoms with Crippen molar-refractivity contribution >= 4 is 16.6 Å². The van der Waals surface area contributed by atoms with E-state index in [4.69, 9.17) is 10.5 Å². The summed E-state index contributed by atoms with van der Waals surface area (Å²) in [7, 11) is 1.97. The number of anilines is 1. The van der Waals surface area contributed by atoms with Gasteiger partial charge in [-0.25, -0.2) is 0 Å². The fourth-order valence-electron chi connectivity index (χ4n) is 3.35. The monoisotopic (exact) mass is 353 g/mol. The molecular weight excluding hydrogens is 334 g/mol. The summed E-state index contributed by atoms with van der Waals surface area (Å²) in [5, 5.41) is 10.7. The van der Waals surface area contributed by atoms with Crippen LogP contribution in [0.3, 0.4) is 0 Å². The molecular formula is C23H19N3O. The summed E-state index contributed by atoms with van der Waals surface area (Å²) in [5.74, 6) is 0.748. The highest BCUT2D eigenvalue weighted by Gasteiger charge is 2.17. The van der Waals surface area contributed by atoms with Gasteiger partial charge in [0.05, 0.1) is 11.3 Å². The average Bonchev–Trinajstić information content (AvgIpc) is 2.99. The Kier molecular flexibility index (Phi) is 4.27. The number of benzene rings is 3. The Hall–Kier alpha value is -3.71. The van der Waals surface area contributed by atoms with Crippen LogP contribution < -0.4 is 10.5 Å². The molecule has 0 atom stereocenters. The van der Waals surface area contributed by atoms with E-state index in [0.29, 0.717) is 17.9 Å². The lowest BCUT2D eigenvalue weighted by Crippen LogP contribution is -1.95. The van der Waals surface area contributed by atoms with Crippen molar-refractivity contribution in [1.82, 2.24) is 4.57 Å². The van der Waals surface area contributed by atoms with Gasteiger partial charge in [0.2, 0.25) is 0 Å². The topological polar surface area (TPSA) is 64.0 Å².